The predicted molar refractivity (Wildman–Crippen MR) is 86.6 cm³/mol. The zero-order valence-corrected chi connectivity index (χ0v) is 13.1. The number of carbonyl (C=O) groups is 1. The second kappa shape index (κ2) is 10.2. The SMILES string of the molecule is C=C/C(=C\C=C(/CC)C(N)=O)OCCCC1CCNCC1. The lowest BCUT2D eigenvalue weighted by atomic mass is 9.93. The van der Waals surface area contributed by atoms with Crippen LogP contribution in [0.2, 0.25) is 0 Å². The molecular formula is C17H28N2O2. The van der Waals surface area contributed by atoms with Crippen molar-refractivity contribution in [1.29, 1.82) is 0 Å². The van der Waals surface area contributed by atoms with Gasteiger partial charge in [0.25, 0.3) is 0 Å². The van der Waals surface area contributed by atoms with Crippen molar-refractivity contribution in [3.8, 4) is 0 Å². The Hall–Kier alpha value is -1.55. The van der Waals surface area contributed by atoms with Gasteiger partial charge in [0, 0.05) is 5.57 Å². The molecule has 118 valence electrons. The molecule has 0 unspecified atom stereocenters. The van der Waals surface area contributed by atoms with E-state index >= 15 is 0 Å². The molecule has 0 saturated carbocycles. The monoisotopic (exact) mass is 292 g/mol. The number of piperidine rings is 1. The van der Waals surface area contributed by atoms with Crippen molar-refractivity contribution in [3.63, 3.8) is 0 Å². The van der Waals surface area contributed by atoms with Crippen LogP contribution in [0.3, 0.4) is 0 Å². The third-order valence-corrected chi connectivity index (χ3v) is 3.83. The topological polar surface area (TPSA) is 64.4 Å². The van der Waals surface area contributed by atoms with Crippen LogP contribution in [0.15, 0.2) is 36.1 Å². The second-order valence-corrected chi connectivity index (χ2v) is 5.37. The van der Waals surface area contributed by atoms with E-state index < -0.39 is 0 Å². The van der Waals surface area contributed by atoms with Crippen LogP contribution in [0.25, 0.3) is 0 Å². The summed E-state index contributed by atoms with van der Waals surface area (Å²) in [5.41, 5.74) is 5.86. The molecule has 0 aromatic carbocycles. The smallest absolute Gasteiger partial charge is 0.244 e. The summed E-state index contributed by atoms with van der Waals surface area (Å²) >= 11 is 0. The Balaban J connectivity index is 2.33. The molecule has 4 nitrogen and oxygen atoms in total. The number of carbonyl (C=O) groups excluding carboxylic acids is 1. The van der Waals surface area contributed by atoms with Gasteiger partial charge in [0.1, 0.15) is 5.76 Å². The number of ether oxygens (including phenoxy) is 1. The Morgan fingerprint density at radius 3 is 2.67 bits per heavy atom. The molecule has 1 aliphatic rings. The lowest BCUT2D eigenvalue weighted by Gasteiger charge is -2.22. The number of rotatable bonds is 9. The fraction of sp³-hybridized carbons (Fsp3) is 0.588. The van der Waals surface area contributed by atoms with Crippen molar-refractivity contribution >= 4 is 5.91 Å². The normalized spacial score (nSPS) is 17.6. The average molecular weight is 292 g/mol. The maximum Gasteiger partial charge on any atom is 0.244 e. The van der Waals surface area contributed by atoms with E-state index in [0.29, 0.717) is 24.4 Å². The van der Waals surface area contributed by atoms with Crippen molar-refractivity contribution in [2.24, 2.45) is 11.7 Å². The highest BCUT2D eigenvalue weighted by atomic mass is 16.5. The van der Waals surface area contributed by atoms with Gasteiger partial charge in [-0.1, -0.05) is 13.5 Å². The first-order valence-electron chi connectivity index (χ1n) is 7.84. The zero-order chi connectivity index (χ0) is 15.5. The molecule has 0 aliphatic carbocycles. The molecule has 4 heteroatoms. The van der Waals surface area contributed by atoms with Gasteiger partial charge in [0.2, 0.25) is 5.91 Å². The minimum absolute atomic E-state index is 0.386. The maximum absolute atomic E-state index is 11.1. The molecule has 1 heterocycles. The highest BCUT2D eigenvalue weighted by Gasteiger charge is 2.12. The van der Waals surface area contributed by atoms with Crippen molar-refractivity contribution < 1.29 is 9.53 Å². The molecule has 1 aliphatic heterocycles. The summed E-state index contributed by atoms with van der Waals surface area (Å²) in [5.74, 6) is 1.13. The second-order valence-electron chi connectivity index (χ2n) is 5.37. The maximum atomic E-state index is 11.1. The average Bonchev–Trinajstić information content (AvgIpc) is 2.50. The number of hydrogen-bond donors (Lipinski definition) is 2. The van der Waals surface area contributed by atoms with Crippen LogP contribution in [0.5, 0.6) is 0 Å². The van der Waals surface area contributed by atoms with E-state index in [-0.39, 0.29) is 5.91 Å². The van der Waals surface area contributed by atoms with Crippen LogP contribution >= 0.6 is 0 Å². The van der Waals surface area contributed by atoms with Gasteiger partial charge >= 0.3 is 0 Å². The summed E-state index contributed by atoms with van der Waals surface area (Å²) in [5, 5.41) is 3.38. The van der Waals surface area contributed by atoms with Crippen LogP contribution in [0, 0.1) is 5.92 Å². The lowest BCUT2D eigenvalue weighted by Crippen LogP contribution is -2.27. The Kier molecular flexibility index (Phi) is 8.51. The first-order valence-corrected chi connectivity index (χ1v) is 7.84. The summed E-state index contributed by atoms with van der Waals surface area (Å²) < 4.78 is 5.69. The number of amides is 1. The van der Waals surface area contributed by atoms with Gasteiger partial charge in [-0.05, 0) is 69.3 Å². The van der Waals surface area contributed by atoms with E-state index in [9.17, 15) is 4.79 Å². The predicted octanol–water partition coefficient (Wildman–Crippen LogP) is 2.67. The fourth-order valence-electron chi connectivity index (χ4n) is 2.46. The summed E-state index contributed by atoms with van der Waals surface area (Å²) in [4.78, 5) is 11.1. The Labute approximate surface area is 128 Å². The van der Waals surface area contributed by atoms with Gasteiger partial charge in [0.15, 0.2) is 0 Å². The van der Waals surface area contributed by atoms with E-state index in [4.69, 9.17) is 10.5 Å². The van der Waals surface area contributed by atoms with Crippen molar-refractivity contribution in [3.05, 3.63) is 36.1 Å². The Morgan fingerprint density at radius 1 is 1.38 bits per heavy atom. The van der Waals surface area contributed by atoms with Crippen molar-refractivity contribution in [2.75, 3.05) is 19.7 Å². The summed E-state index contributed by atoms with van der Waals surface area (Å²) in [7, 11) is 0. The number of nitrogens with one attached hydrogen (secondary N) is 1. The fourth-order valence-corrected chi connectivity index (χ4v) is 2.46. The molecule has 0 bridgehead atoms. The van der Waals surface area contributed by atoms with E-state index in [1.54, 1.807) is 18.2 Å². The van der Waals surface area contributed by atoms with Gasteiger partial charge in [-0.15, -0.1) is 0 Å². The molecule has 1 saturated heterocycles. The van der Waals surface area contributed by atoms with Crippen LogP contribution in [0.4, 0.5) is 0 Å². The molecule has 1 fully saturated rings. The molecule has 1 rings (SSSR count). The summed E-state index contributed by atoms with van der Waals surface area (Å²) in [6.45, 7) is 8.60. The molecule has 0 spiro atoms. The van der Waals surface area contributed by atoms with Gasteiger partial charge in [-0.2, -0.15) is 0 Å². The largest absolute Gasteiger partial charge is 0.494 e. The summed E-state index contributed by atoms with van der Waals surface area (Å²) in [6, 6.07) is 0. The molecule has 0 radical (unpaired) electrons. The minimum atomic E-state index is -0.386. The first kappa shape index (κ1) is 17.5. The van der Waals surface area contributed by atoms with Crippen LogP contribution in [-0.4, -0.2) is 25.6 Å². The van der Waals surface area contributed by atoms with Gasteiger partial charge < -0.3 is 15.8 Å². The zero-order valence-electron chi connectivity index (χ0n) is 13.1. The highest BCUT2D eigenvalue weighted by molar-refractivity contribution is 5.92. The highest BCUT2D eigenvalue weighted by Crippen LogP contribution is 2.18. The van der Waals surface area contributed by atoms with E-state index in [1.807, 2.05) is 6.92 Å². The van der Waals surface area contributed by atoms with Crippen molar-refractivity contribution in [1.82, 2.24) is 5.32 Å². The standard InChI is InChI=1S/C17H28N2O2/c1-3-15(17(18)20)7-8-16(4-2)21-13-5-6-14-9-11-19-12-10-14/h4,7-8,14,19H,2-3,5-6,9-13H2,1H3,(H2,18,20)/b15-7+,16-8+. The number of allylic oxidation sites excluding steroid dienone is 3. The summed E-state index contributed by atoms with van der Waals surface area (Å²) in [6.07, 6.45) is 10.6. The number of primary amides is 1. The third-order valence-electron chi connectivity index (χ3n) is 3.83. The van der Waals surface area contributed by atoms with Gasteiger partial charge in [0.05, 0.1) is 6.61 Å². The third kappa shape index (κ3) is 7.14. The van der Waals surface area contributed by atoms with Crippen LogP contribution in [0.1, 0.15) is 39.0 Å². The molecule has 0 atom stereocenters. The first-order chi connectivity index (χ1) is 10.2. The van der Waals surface area contributed by atoms with E-state index in [1.165, 1.54) is 19.3 Å². The number of nitrogens with two attached hydrogens (primary N) is 1. The molecule has 3 N–H and O–H groups in total. The minimum Gasteiger partial charge on any atom is -0.494 e. The molecular weight excluding hydrogens is 264 g/mol. The van der Waals surface area contributed by atoms with E-state index in [0.717, 1.165) is 25.4 Å². The van der Waals surface area contributed by atoms with Gasteiger partial charge in [-0.3, -0.25) is 4.79 Å². The Bertz CT molecular complexity index is 394. The lowest BCUT2D eigenvalue weighted by molar-refractivity contribution is -0.114. The molecule has 21 heavy (non-hydrogen) atoms. The molecule has 0 aromatic rings. The van der Waals surface area contributed by atoms with Crippen molar-refractivity contribution in [2.45, 2.75) is 39.0 Å². The molecule has 0 aromatic heterocycles. The van der Waals surface area contributed by atoms with Gasteiger partial charge in [-0.25, -0.2) is 0 Å². The van der Waals surface area contributed by atoms with Crippen LogP contribution < -0.4 is 11.1 Å². The Morgan fingerprint density at radius 2 is 2.10 bits per heavy atom. The van der Waals surface area contributed by atoms with Crippen LogP contribution in [-0.2, 0) is 9.53 Å². The molecule has 1 amide bonds. The number of hydrogen-bond acceptors (Lipinski definition) is 3. The quantitative estimate of drug-likeness (QED) is 0.297. The van der Waals surface area contributed by atoms with E-state index in [2.05, 4.69) is 11.9 Å².